The third-order valence-electron chi connectivity index (χ3n) is 2.73. The van der Waals surface area contributed by atoms with Gasteiger partial charge in [-0.1, -0.05) is 26.2 Å². The Kier molecular flexibility index (Phi) is 10.0. The lowest BCUT2D eigenvalue weighted by molar-refractivity contribution is -0.183. The molecule has 0 bridgehead atoms. The monoisotopic (exact) mass is 288 g/mol. The summed E-state index contributed by atoms with van der Waals surface area (Å²) in [5.41, 5.74) is 0. The first-order valence-corrected chi connectivity index (χ1v) is 7.10. The summed E-state index contributed by atoms with van der Waals surface area (Å²) in [6, 6.07) is 0. The molecule has 0 saturated carbocycles. The fourth-order valence-corrected chi connectivity index (χ4v) is 1.71. The van der Waals surface area contributed by atoms with E-state index in [1.54, 1.807) is 28.2 Å². The van der Waals surface area contributed by atoms with Crippen molar-refractivity contribution in [3.63, 3.8) is 0 Å². The Morgan fingerprint density at radius 2 is 1.45 bits per heavy atom. The summed E-state index contributed by atoms with van der Waals surface area (Å²) in [5, 5.41) is 2.82. The zero-order valence-corrected chi connectivity index (χ0v) is 13.3. The lowest BCUT2D eigenvalue weighted by Gasteiger charge is -2.14. The van der Waals surface area contributed by atoms with Gasteiger partial charge in [0.1, 0.15) is 0 Å². The molecule has 6 heteroatoms. The first-order valence-electron chi connectivity index (χ1n) is 7.10. The summed E-state index contributed by atoms with van der Waals surface area (Å²) >= 11 is 0. The smallest absolute Gasteiger partial charge is 0.327 e. The molecule has 0 rings (SSSR count). The van der Waals surface area contributed by atoms with Crippen molar-refractivity contribution in [3.05, 3.63) is 0 Å². The molecule has 0 aliphatic heterocycles. The largest absolute Gasteiger partial charge is 0.369 e. The van der Waals surface area contributed by atoms with E-state index >= 15 is 0 Å². The second-order valence-electron chi connectivity index (χ2n) is 5.35. The van der Waals surface area contributed by atoms with Gasteiger partial charge in [0.2, 0.25) is 0 Å². The minimum Gasteiger partial charge on any atom is -0.369 e. The highest BCUT2D eigenvalue weighted by atomic mass is 16.7. The second kappa shape index (κ2) is 10.6. The molecule has 118 valence electrons. The SMILES string of the molecule is CC(CCCCCCC(=O)ON(C)C)C(=O)ON(C)C. The van der Waals surface area contributed by atoms with E-state index in [0.717, 1.165) is 32.1 Å². The van der Waals surface area contributed by atoms with Crippen molar-refractivity contribution in [2.75, 3.05) is 28.2 Å². The topological polar surface area (TPSA) is 59.1 Å². The lowest BCUT2D eigenvalue weighted by atomic mass is 10.0. The van der Waals surface area contributed by atoms with E-state index in [4.69, 9.17) is 9.68 Å². The Bertz CT molecular complexity index is 293. The predicted octanol–water partition coefficient (Wildman–Crippen LogP) is 2.00. The Morgan fingerprint density at radius 3 is 2.00 bits per heavy atom. The van der Waals surface area contributed by atoms with Crippen LogP contribution in [0.15, 0.2) is 0 Å². The van der Waals surface area contributed by atoms with E-state index in [9.17, 15) is 9.59 Å². The van der Waals surface area contributed by atoms with Gasteiger partial charge in [-0.25, -0.2) is 0 Å². The van der Waals surface area contributed by atoms with Crippen molar-refractivity contribution in [2.45, 2.75) is 45.4 Å². The van der Waals surface area contributed by atoms with E-state index in [1.165, 1.54) is 10.1 Å². The van der Waals surface area contributed by atoms with E-state index in [1.807, 2.05) is 6.92 Å². The van der Waals surface area contributed by atoms with Crippen molar-refractivity contribution in [1.82, 2.24) is 10.1 Å². The molecule has 0 N–H and O–H groups in total. The Morgan fingerprint density at radius 1 is 0.900 bits per heavy atom. The van der Waals surface area contributed by atoms with Gasteiger partial charge in [0, 0.05) is 34.6 Å². The van der Waals surface area contributed by atoms with Gasteiger partial charge in [-0.05, 0) is 12.8 Å². The number of carbonyl (C=O) groups excluding carboxylic acids is 2. The predicted molar refractivity (Wildman–Crippen MR) is 76.4 cm³/mol. The van der Waals surface area contributed by atoms with Crippen molar-refractivity contribution < 1.29 is 19.3 Å². The number of hydrogen-bond donors (Lipinski definition) is 0. The molecule has 20 heavy (non-hydrogen) atoms. The number of hydroxylamine groups is 4. The molecule has 0 aromatic heterocycles. The maximum atomic E-state index is 11.5. The van der Waals surface area contributed by atoms with Crippen LogP contribution in [0.1, 0.15) is 45.4 Å². The maximum Gasteiger partial charge on any atom is 0.327 e. The van der Waals surface area contributed by atoms with Gasteiger partial charge >= 0.3 is 11.9 Å². The van der Waals surface area contributed by atoms with Crippen LogP contribution >= 0.6 is 0 Å². The standard InChI is InChI=1S/C14H28N2O4/c1-12(14(18)20-16(4)5)10-8-6-7-9-11-13(17)19-15(2)3/h12H,6-11H2,1-5H3. The molecule has 6 nitrogen and oxygen atoms in total. The van der Waals surface area contributed by atoms with Gasteiger partial charge in [0.25, 0.3) is 0 Å². The number of rotatable bonds is 10. The summed E-state index contributed by atoms with van der Waals surface area (Å²) in [5.74, 6) is -0.474. The summed E-state index contributed by atoms with van der Waals surface area (Å²) in [6.07, 6.45) is 5.02. The average Bonchev–Trinajstić information content (AvgIpc) is 2.31. The second-order valence-corrected chi connectivity index (χ2v) is 5.35. The Labute approximate surface area is 121 Å². The van der Waals surface area contributed by atoms with Crippen molar-refractivity contribution >= 4 is 11.9 Å². The molecule has 0 amide bonds. The van der Waals surface area contributed by atoms with Gasteiger partial charge in [-0.2, -0.15) is 0 Å². The highest BCUT2D eigenvalue weighted by Gasteiger charge is 2.15. The highest BCUT2D eigenvalue weighted by Crippen LogP contribution is 2.13. The van der Waals surface area contributed by atoms with Crippen LogP contribution in [0.25, 0.3) is 0 Å². The summed E-state index contributed by atoms with van der Waals surface area (Å²) < 4.78 is 0. The van der Waals surface area contributed by atoms with Gasteiger partial charge in [0.15, 0.2) is 0 Å². The van der Waals surface area contributed by atoms with Crippen LogP contribution in [0.5, 0.6) is 0 Å². The fraction of sp³-hybridized carbons (Fsp3) is 0.857. The molecule has 0 aromatic carbocycles. The lowest BCUT2D eigenvalue weighted by Crippen LogP contribution is -2.23. The number of unbranched alkanes of at least 4 members (excludes halogenated alkanes) is 3. The molecule has 0 fully saturated rings. The first-order chi connectivity index (χ1) is 9.32. The zero-order valence-electron chi connectivity index (χ0n) is 13.3. The molecule has 0 heterocycles. The third kappa shape index (κ3) is 10.8. The zero-order chi connectivity index (χ0) is 15.5. The van der Waals surface area contributed by atoms with Crippen molar-refractivity contribution in [3.8, 4) is 0 Å². The number of hydrogen-bond acceptors (Lipinski definition) is 6. The molecular formula is C14H28N2O4. The molecule has 0 aliphatic carbocycles. The van der Waals surface area contributed by atoms with Gasteiger partial charge in [-0.3, -0.25) is 9.59 Å². The van der Waals surface area contributed by atoms with Crippen molar-refractivity contribution in [1.29, 1.82) is 0 Å². The van der Waals surface area contributed by atoms with E-state index in [-0.39, 0.29) is 17.9 Å². The Hall–Kier alpha value is -1.14. The molecule has 0 aliphatic rings. The van der Waals surface area contributed by atoms with Crippen LogP contribution in [-0.4, -0.2) is 50.3 Å². The van der Waals surface area contributed by atoms with Crippen LogP contribution < -0.4 is 0 Å². The quantitative estimate of drug-likeness (QED) is 0.453. The molecule has 1 atom stereocenters. The molecule has 0 radical (unpaired) electrons. The van der Waals surface area contributed by atoms with Crippen molar-refractivity contribution in [2.24, 2.45) is 5.92 Å². The summed E-state index contributed by atoms with van der Waals surface area (Å²) in [7, 11) is 6.76. The minimum absolute atomic E-state index is 0.0869. The highest BCUT2D eigenvalue weighted by molar-refractivity contribution is 5.71. The van der Waals surface area contributed by atoms with Gasteiger partial charge < -0.3 is 9.68 Å². The van der Waals surface area contributed by atoms with E-state index in [2.05, 4.69) is 0 Å². The fourth-order valence-electron chi connectivity index (χ4n) is 1.71. The normalized spacial score (nSPS) is 12.6. The van der Waals surface area contributed by atoms with Crippen LogP contribution in [-0.2, 0) is 19.3 Å². The van der Waals surface area contributed by atoms with Crippen LogP contribution in [0.2, 0.25) is 0 Å². The minimum atomic E-state index is -0.196. The van der Waals surface area contributed by atoms with Crippen LogP contribution in [0.4, 0.5) is 0 Å². The molecule has 1 unspecified atom stereocenters. The van der Waals surface area contributed by atoms with Crippen LogP contribution in [0, 0.1) is 5.92 Å². The molecule has 0 spiro atoms. The number of carbonyl (C=O) groups is 2. The molecule has 0 aromatic rings. The molecule has 0 saturated heterocycles. The van der Waals surface area contributed by atoms with E-state index < -0.39 is 0 Å². The summed E-state index contributed by atoms with van der Waals surface area (Å²) in [4.78, 5) is 32.7. The third-order valence-corrected chi connectivity index (χ3v) is 2.73. The van der Waals surface area contributed by atoms with Crippen LogP contribution in [0.3, 0.4) is 0 Å². The van der Waals surface area contributed by atoms with Gasteiger partial charge in [-0.15, -0.1) is 10.1 Å². The van der Waals surface area contributed by atoms with Gasteiger partial charge in [0.05, 0.1) is 5.92 Å². The Balaban J connectivity index is 3.52. The van der Waals surface area contributed by atoms with E-state index in [0.29, 0.717) is 6.42 Å². The number of nitrogens with zero attached hydrogens (tertiary/aromatic N) is 2. The average molecular weight is 288 g/mol. The molecular weight excluding hydrogens is 260 g/mol. The maximum absolute atomic E-state index is 11.5. The first kappa shape index (κ1) is 18.9. The summed E-state index contributed by atoms with van der Waals surface area (Å²) in [6.45, 7) is 1.88.